The van der Waals surface area contributed by atoms with Crippen molar-refractivity contribution >= 4 is 10.0 Å². The predicted molar refractivity (Wildman–Crippen MR) is 46.6 cm³/mol. The van der Waals surface area contributed by atoms with Gasteiger partial charge in [0.2, 0.25) is 0 Å². The number of hydrogen-bond donors (Lipinski definition) is 0. The highest BCUT2D eigenvalue weighted by Crippen LogP contribution is 2.02. The van der Waals surface area contributed by atoms with Gasteiger partial charge in [-0.2, -0.15) is 0 Å². The van der Waals surface area contributed by atoms with Crippen LogP contribution < -0.4 is 0 Å². The number of rotatable bonds is 7. The highest BCUT2D eigenvalue weighted by molar-refractivity contribution is 6.17. The van der Waals surface area contributed by atoms with Crippen LogP contribution in [0.15, 0.2) is 5.11 Å². The summed E-state index contributed by atoms with van der Waals surface area (Å²) in [6.07, 6.45) is 1.61. The van der Waals surface area contributed by atoms with E-state index in [0.717, 1.165) is 12.8 Å². The van der Waals surface area contributed by atoms with E-state index >= 15 is 0 Å². The monoisotopic (exact) mass is 187 g/mol. The lowest BCUT2D eigenvalue weighted by Gasteiger charge is -2.06. The quantitative estimate of drug-likeness (QED) is 0.200. The normalized spacial score (nSPS) is 12.2. The van der Waals surface area contributed by atoms with E-state index in [1.165, 1.54) is 0 Å². The maximum Gasteiger partial charge on any atom is 0.433 e. The topological polar surface area (TPSA) is 67.2 Å². The van der Waals surface area contributed by atoms with E-state index in [9.17, 15) is 0 Å². The predicted octanol–water partition coefficient (Wildman–Crippen LogP) is 1.66. The summed E-state index contributed by atoms with van der Waals surface area (Å²) in [5, 5.41) is 3.60. The fraction of sp³-hybridized carbons (Fsp3) is 1.00. The highest BCUT2D eigenvalue weighted by Gasteiger charge is 2.02. The Kier molecular flexibility index (Phi) is 8.15. The van der Waals surface area contributed by atoms with Crippen LogP contribution in [0.2, 0.25) is 0 Å². The molecular formula is C6H13N3O2Si. The summed E-state index contributed by atoms with van der Waals surface area (Å²) in [5.41, 5.74) is 8.17. The standard InChI is InChI=1S/C6H13N3O2Si/c1-3-6(8-9-7)4-5-11-12-10-2/h6H,3-5H2,1-2H3. The molecule has 0 aromatic rings. The van der Waals surface area contributed by atoms with Gasteiger partial charge in [-0.05, 0) is 18.4 Å². The molecule has 0 N–H and O–H groups in total. The van der Waals surface area contributed by atoms with E-state index in [1.807, 2.05) is 6.92 Å². The molecule has 0 bridgehead atoms. The van der Waals surface area contributed by atoms with Gasteiger partial charge in [-0.25, -0.2) is 0 Å². The maximum atomic E-state index is 8.17. The van der Waals surface area contributed by atoms with E-state index in [1.54, 1.807) is 7.11 Å². The van der Waals surface area contributed by atoms with Gasteiger partial charge in [-0.15, -0.1) is 0 Å². The third kappa shape index (κ3) is 6.18. The first-order valence-corrected chi connectivity index (χ1v) is 4.60. The molecule has 1 unspecified atom stereocenters. The summed E-state index contributed by atoms with van der Waals surface area (Å²) in [7, 11) is 1.67. The molecule has 6 heteroatoms. The molecule has 0 aromatic carbocycles. The molecular weight excluding hydrogens is 174 g/mol. The van der Waals surface area contributed by atoms with Crippen LogP contribution in [0.25, 0.3) is 10.4 Å². The van der Waals surface area contributed by atoms with Crippen LogP contribution in [0, 0.1) is 0 Å². The molecule has 0 aliphatic carbocycles. The van der Waals surface area contributed by atoms with Crippen LogP contribution >= 0.6 is 0 Å². The van der Waals surface area contributed by atoms with E-state index in [2.05, 4.69) is 10.0 Å². The Hall–Kier alpha value is -0.553. The summed E-state index contributed by atoms with van der Waals surface area (Å²) in [5.74, 6) is 0. The Morgan fingerprint density at radius 1 is 1.67 bits per heavy atom. The van der Waals surface area contributed by atoms with Gasteiger partial charge in [0.25, 0.3) is 0 Å². The van der Waals surface area contributed by atoms with Crippen molar-refractivity contribution < 1.29 is 8.85 Å². The number of nitrogens with zero attached hydrogens (tertiary/aromatic N) is 3. The second-order valence-corrected chi connectivity index (χ2v) is 3.06. The molecule has 5 nitrogen and oxygen atoms in total. The van der Waals surface area contributed by atoms with Gasteiger partial charge in [0, 0.05) is 24.7 Å². The van der Waals surface area contributed by atoms with Gasteiger partial charge in [-0.1, -0.05) is 12.0 Å². The number of hydrogen-bond acceptors (Lipinski definition) is 3. The molecule has 12 heavy (non-hydrogen) atoms. The van der Waals surface area contributed by atoms with Crippen molar-refractivity contribution in [1.82, 2.24) is 0 Å². The van der Waals surface area contributed by atoms with Gasteiger partial charge < -0.3 is 8.85 Å². The smallest absolute Gasteiger partial charge is 0.396 e. The third-order valence-electron chi connectivity index (χ3n) is 1.38. The Morgan fingerprint density at radius 2 is 2.42 bits per heavy atom. The second-order valence-electron chi connectivity index (χ2n) is 2.19. The first-order valence-electron chi connectivity index (χ1n) is 3.79. The summed E-state index contributed by atoms with van der Waals surface area (Å²) < 4.78 is 9.80. The van der Waals surface area contributed by atoms with Crippen molar-refractivity contribution in [3.05, 3.63) is 10.4 Å². The third-order valence-corrected chi connectivity index (χ3v) is 1.87. The van der Waals surface area contributed by atoms with Crippen LogP contribution in [0.4, 0.5) is 0 Å². The van der Waals surface area contributed by atoms with Crippen LogP contribution in [0.5, 0.6) is 0 Å². The summed E-state index contributed by atoms with van der Waals surface area (Å²) in [6.45, 7) is 2.57. The maximum absolute atomic E-state index is 8.17. The first kappa shape index (κ1) is 11.4. The molecule has 1 atom stereocenters. The highest BCUT2D eigenvalue weighted by atomic mass is 28.3. The Morgan fingerprint density at radius 3 is 2.92 bits per heavy atom. The Balaban J connectivity index is 3.38. The lowest BCUT2D eigenvalue weighted by molar-refractivity contribution is 0.244. The van der Waals surface area contributed by atoms with Crippen LogP contribution in [0.1, 0.15) is 19.8 Å². The SMILES string of the molecule is CCC(CCO[Si]OC)N=[N+]=[N-]. The summed E-state index contributed by atoms with van der Waals surface area (Å²) in [4.78, 5) is 2.75. The fourth-order valence-electron chi connectivity index (χ4n) is 0.712. The average molecular weight is 187 g/mol. The summed E-state index contributed by atoms with van der Waals surface area (Å²) in [6, 6.07) is 0.0525. The van der Waals surface area contributed by atoms with E-state index in [4.69, 9.17) is 14.4 Å². The molecule has 0 aliphatic heterocycles. The largest absolute Gasteiger partial charge is 0.433 e. The second kappa shape index (κ2) is 8.54. The Bertz CT molecular complexity index is 150. The van der Waals surface area contributed by atoms with Crippen molar-refractivity contribution in [3.8, 4) is 0 Å². The van der Waals surface area contributed by atoms with Crippen molar-refractivity contribution in [2.75, 3.05) is 13.7 Å². The molecule has 2 radical (unpaired) electrons. The molecule has 0 aromatic heterocycles. The minimum atomic E-state index is 0.0525. The van der Waals surface area contributed by atoms with Gasteiger partial charge in [0.05, 0.1) is 0 Å². The molecule has 0 fully saturated rings. The minimum absolute atomic E-state index is 0.0525. The molecule has 0 heterocycles. The summed E-state index contributed by atoms with van der Waals surface area (Å²) >= 11 is 0. The zero-order chi connectivity index (χ0) is 9.23. The minimum Gasteiger partial charge on any atom is -0.396 e. The lowest BCUT2D eigenvalue weighted by atomic mass is 10.2. The fourth-order valence-corrected chi connectivity index (χ4v) is 1.03. The van der Waals surface area contributed by atoms with Gasteiger partial charge in [0.1, 0.15) is 0 Å². The van der Waals surface area contributed by atoms with Crippen LogP contribution in [-0.2, 0) is 8.85 Å². The van der Waals surface area contributed by atoms with E-state index in [0.29, 0.717) is 6.61 Å². The molecule has 0 spiro atoms. The Labute approximate surface area is 74.7 Å². The van der Waals surface area contributed by atoms with Crippen molar-refractivity contribution in [3.63, 3.8) is 0 Å². The molecule has 68 valence electrons. The molecule has 0 amide bonds. The van der Waals surface area contributed by atoms with Crippen molar-refractivity contribution in [1.29, 1.82) is 0 Å². The first-order chi connectivity index (χ1) is 5.85. The van der Waals surface area contributed by atoms with Gasteiger partial charge >= 0.3 is 10.0 Å². The molecule has 0 saturated carbocycles. The lowest BCUT2D eigenvalue weighted by Crippen LogP contribution is -2.09. The zero-order valence-corrected chi connectivity index (χ0v) is 8.36. The van der Waals surface area contributed by atoms with Crippen LogP contribution in [0.3, 0.4) is 0 Å². The number of azide groups is 1. The van der Waals surface area contributed by atoms with E-state index in [-0.39, 0.29) is 16.0 Å². The molecule has 0 rings (SSSR count). The molecule has 0 aliphatic rings. The zero-order valence-electron chi connectivity index (χ0n) is 7.36. The average Bonchev–Trinajstić information content (AvgIpc) is 2.10. The van der Waals surface area contributed by atoms with E-state index < -0.39 is 0 Å². The van der Waals surface area contributed by atoms with Crippen molar-refractivity contribution in [2.45, 2.75) is 25.8 Å². The van der Waals surface area contributed by atoms with Gasteiger partial charge in [0.15, 0.2) is 0 Å². The molecule has 0 saturated heterocycles. The van der Waals surface area contributed by atoms with Crippen molar-refractivity contribution in [2.24, 2.45) is 5.11 Å². The van der Waals surface area contributed by atoms with Gasteiger partial charge in [-0.3, -0.25) is 0 Å². The van der Waals surface area contributed by atoms with Crippen LogP contribution in [-0.4, -0.2) is 29.8 Å².